The molecule has 1 aromatic heterocycles. The second kappa shape index (κ2) is 5.49. The van der Waals surface area contributed by atoms with Crippen LogP contribution in [0.5, 0.6) is 5.75 Å². The lowest BCUT2D eigenvalue weighted by atomic mass is 9.79. The highest BCUT2D eigenvalue weighted by Gasteiger charge is 2.37. The lowest BCUT2D eigenvalue weighted by Crippen LogP contribution is -2.31. The van der Waals surface area contributed by atoms with E-state index in [1.807, 2.05) is 49.3 Å². The molecule has 0 bridgehead atoms. The molecule has 1 aliphatic rings. The molecule has 0 aliphatic carbocycles. The van der Waals surface area contributed by atoms with E-state index in [1.165, 1.54) is 0 Å². The predicted octanol–water partition coefficient (Wildman–Crippen LogP) is 2.79. The van der Waals surface area contributed by atoms with Crippen molar-refractivity contribution in [3.63, 3.8) is 0 Å². The lowest BCUT2D eigenvalue weighted by molar-refractivity contribution is 0.450. The molecule has 0 saturated carbocycles. The van der Waals surface area contributed by atoms with Gasteiger partial charge in [0.1, 0.15) is 11.7 Å². The number of rotatable bonds is 2. The maximum Gasteiger partial charge on any atom is 0.205 e. The van der Waals surface area contributed by atoms with Gasteiger partial charge in [0, 0.05) is 49.7 Å². The van der Waals surface area contributed by atoms with Gasteiger partial charge in [0.05, 0.1) is 6.07 Å². The van der Waals surface area contributed by atoms with Crippen molar-refractivity contribution < 1.29 is 4.74 Å². The van der Waals surface area contributed by atoms with Crippen molar-refractivity contribution in [1.82, 2.24) is 4.98 Å². The molecule has 1 aliphatic heterocycles. The van der Waals surface area contributed by atoms with E-state index in [4.69, 9.17) is 10.1 Å². The Morgan fingerprint density at radius 3 is 2.77 bits per heavy atom. The Balaban J connectivity index is 2.16. The monoisotopic (exact) mass is 292 g/mol. The molecule has 5 heteroatoms. The first-order valence-electron chi connectivity index (χ1n) is 6.99. The molecule has 0 fully saturated rings. The van der Waals surface area contributed by atoms with Gasteiger partial charge in [-0.25, -0.2) is 0 Å². The molecular weight excluding hydrogens is 276 g/mol. The molecule has 110 valence electrons. The maximum atomic E-state index is 9.46. The van der Waals surface area contributed by atoms with Gasteiger partial charge >= 0.3 is 0 Å². The summed E-state index contributed by atoms with van der Waals surface area (Å²) in [5, 5.41) is 17.5. The van der Waals surface area contributed by atoms with E-state index < -0.39 is 5.92 Å². The first kappa shape index (κ1) is 14.1. The van der Waals surface area contributed by atoms with Crippen molar-refractivity contribution in [3.05, 3.63) is 53.9 Å². The molecule has 2 atom stereocenters. The molecule has 1 aromatic carbocycles. The van der Waals surface area contributed by atoms with Crippen LogP contribution in [0.3, 0.4) is 0 Å². The second-order valence-corrected chi connectivity index (χ2v) is 5.45. The fourth-order valence-electron chi connectivity index (χ4n) is 2.72. The van der Waals surface area contributed by atoms with Crippen LogP contribution in [0.15, 0.2) is 42.7 Å². The first-order valence-corrected chi connectivity index (χ1v) is 6.99. The Labute approximate surface area is 129 Å². The van der Waals surface area contributed by atoms with Gasteiger partial charge in [-0.3, -0.25) is 10.4 Å². The molecule has 0 saturated heterocycles. The van der Waals surface area contributed by atoms with Crippen LogP contribution in [0.2, 0.25) is 0 Å². The summed E-state index contributed by atoms with van der Waals surface area (Å²) in [6, 6.07) is 11.8. The zero-order valence-corrected chi connectivity index (χ0v) is 12.4. The minimum atomic E-state index is -0.637. The molecule has 1 N–H and O–H groups in total. The molecule has 0 amide bonds. The number of pyridine rings is 1. The molecule has 3 rings (SSSR count). The molecule has 0 spiro atoms. The number of ether oxygens (including phenoxy) is 1. The van der Waals surface area contributed by atoms with Crippen LogP contribution < -0.4 is 9.64 Å². The highest BCUT2D eigenvalue weighted by atomic mass is 16.5. The normalized spacial score (nSPS) is 19.8. The minimum absolute atomic E-state index is 0.0141. The van der Waals surface area contributed by atoms with E-state index in [2.05, 4.69) is 11.1 Å². The van der Waals surface area contributed by atoms with Gasteiger partial charge in [0.2, 0.25) is 5.90 Å². The highest BCUT2D eigenvalue weighted by molar-refractivity contribution is 5.85. The summed E-state index contributed by atoms with van der Waals surface area (Å²) in [4.78, 5) is 6.12. The van der Waals surface area contributed by atoms with Crippen LogP contribution in [0.25, 0.3) is 0 Å². The van der Waals surface area contributed by atoms with Crippen LogP contribution in [0, 0.1) is 22.7 Å². The number of nitrogens with one attached hydrogen (secondary N) is 1. The SMILES string of the molecule is CN(C)c1ccc2c(c1)OC(=N)C(C#N)C2c1cccnc1. The van der Waals surface area contributed by atoms with E-state index >= 15 is 0 Å². The fraction of sp³-hybridized carbons (Fsp3) is 0.235. The summed E-state index contributed by atoms with van der Waals surface area (Å²) in [5.74, 6) is -0.246. The topological polar surface area (TPSA) is 73.0 Å². The standard InChI is InChI=1S/C17H16N4O/c1-21(2)12-5-6-13-15(8-12)22-17(19)14(9-18)16(13)11-4-3-7-20-10-11/h3-8,10,14,16,19H,1-2H3. The van der Waals surface area contributed by atoms with Crippen LogP contribution in [-0.2, 0) is 0 Å². The van der Waals surface area contributed by atoms with E-state index in [9.17, 15) is 5.26 Å². The third kappa shape index (κ3) is 2.29. The van der Waals surface area contributed by atoms with Gasteiger partial charge in [-0.15, -0.1) is 0 Å². The quantitative estimate of drug-likeness (QED) is 0.923. The summed E-state index contributed by atoms with van der Waals surface area (Å²) >= 11 is 0. The first-order chi connectivity index (χ1) is 10.6. The number of aromatic nitrogens is 1. The molecule has 2 aromatic rings. The van der Waals surface area contributed by atoms with Gasteiger partial charge in [-0.2, -0.15) is 5.26 Å². The summed E-state index contributed by atoms with van der Waals surface area (Å²) in [6.45, 7) is 0. The second-order valence-electron chi connectivity index (χ2n) is 5.45. The van der Waals surface area contributed by atoms with Gasteiger partial charge in [-0.05, 0) is 17.7 Å². The summed E-state index contributed by atoms with van der Waals surface area (Å²) in [6.07, 6.45) is 3.45. The maximum absolute atomic E-state index is 9.46. The number of nitriles is 1. The van der Waals surface area contributed by atoms with Crippen molar-refractivity contribution in [2.45, 2.75) is 5.92 Å². The molecule has 2 heterocycles. The molecular formula is C17H16N4O. The highest BCUT2D eigenvalue weighted by Crippen LogP contribution is 2.43. The largest absolute Gasteiger partial charge is 0.442 e. The van der Waals surface area contributed by atoms with E-state index in [0.717, 1.165) is 16.8 Å². The number of benzene rings is 1. The third-order valence-electron chi connectivity index (χ3n) is 3.87. The van der Waals surface area contributed by atoms with Crippen LogP contribution in [0.1, 0.15) is 17.0 Å². The lowest BCUT2D eigenvalue weighted by Gasteiger charge is -2.30. The number of anilines is 1. The molecule has 2 unspecified atom stereocenters. The van der Waals surface area contributed by atoms with E-state index in [1.54, 1.807) is 12.4 Å². The minimum Gasteiger partial charge on any atom is -0.442 e. The van der Waals surface area contributed by atoms with Crippen molar-refractivity contribution in [2.24, 2.45) is 5.92 Å². The van der Waals surface area contributed by atoms with E-state index in [-0.39, 0.29) is 11.8 Å². The Hall–Kier alpha value is -2.87. The molecule has 22 heavy (non-hydrogen) atoms. The zero-order valence-electron chi connectivity index (χ0n) is 12.4. The van der Waals surface area contributed by atoms with Gasteiger partial charge in [0.25, 0.3) is 0 Å². The average molecular weight is 292 g/mol. The van der Waals surface area contributed by atoms with Crippen molar-refractivity contribution in [2.75, 3.05) is 19.0 Å². The predicted molar refractivity (Wildman–Crippen MR) is 84.3 cm³/mol. The Kier molecular flexibility index (Phi) is 3.51. The van der Waals surface area contributed by atoms with E-state index in [0.29, 0.717) is 5.75 Å². The van der Waals surface area contributed by atoms with Crippen molar-refractivity contribution in [1.29, 1.82) is 10.7 Å². The number of hydrogen-bond donors (Lipinski definition) is 1. The summed E-state index contributed by atoms with van der Waals surface area (Å²) in [5.41, 5.74) is 2.83. The Morgan fingerprint density at radius 1 is 1.32 bits per heavy atom. The van der Waals surface area contributed by atoms with Crippen LogP contribution in [-0.4, -0.2) is 25.0 Å². The Morgan fingerprint density at radius 2 is 2.14 bits per heavy atom. The third-order valence-corrected chi connectivity index (χ3v) is 3.87. The van der Waals surface area contributed by atoms with Gasteiger partial charge in [0.15, 0.2) is 0 Å². The Bertz CT molecular complexity index is 749. The van der Waals surface area contributed by atoms with Crippen LogP contribution in [0.4, 0.5) is 5.69 Å². The summed E-state index contributed by atoms with van der Waals surface area (Å²) < 4.78 is 5.59. The fourth-order valence-corrected chi connectivity index (χ4v) is 2.72. The number of fused-ring (bicyclic) bond motifs is 1. The van der Waals surface area contributed by atoms with Crippen molar-refractivity contribution >= 4 is 11.6 Å². The zero-order chi connectivity index (χ0) is 15.7. The van der Waals surface area contributed by atoms with Gasteiger partial charge < -0.3 is 9.64 Å². The van der Waals surface area contributed by atoms with Crippen molar-refractivity contribution in [3.8, 4) is 11.8 Å². The summed E-state index contributed by atoms with van der Waals surface area (Å²) in [7, 11) is 3.90. The van der Waals surface area contributed by atoms with Gasteiger partial charge in [-0.1, -0.05) is 12.1 Å². The smallest absolute Gasteiger partial charge is 0.205 e. The average Bonchev–Trinajstić information content (AvgIpc) is 2.53. The number of nitrogens with zero attached hydrogens (tertiary/aromatic N) is 3. The van der Waals surface area contributed by atoms with Crippen LogP contribution >= 0.6 is 0 Å². The molecule has 0 radical (unpaired) electrons. The molecule has 5 nitrogen and oxygen atoms in total. The number of hydrogen-bond acceptors (Lipinski definition) is 5.